The lowest BCUT2D eigenvalue weighted by atomic mass is 10.3. The molecule has 108 valence electrons. The smallest absolute Gasteiger partial charge is 0.344 e. The number of rotatable bonds is 5. The first kappa shape index (κ1) is 16.0. The summed E-state index contributed by atoms with van der Waals surface area (Å²) >= 11 is 3.26. The molecular weight excluding hydrogens is 332 g/mol. The van der Waals surface area contributed by atoms with E-state index in [1.165, 1.54) is 6.92 Å². The number of benzene rings is 1. The fourth-order valence-electron chi connectivity index (χ4n) is 1.18. The predicted molar refractivity (Wildman–Crippen MR) is 72.9 cm³/mol. The minimum atomic E-state index is -1.14. The van der Waals surface area contributed by atoms with Crippen molar-refractivity contribution >= 4 is 33.8 Å². The molecule has 20 heavy (non-hydrogen) atoms. The Morgan fingerprint density at radius 1 is 1.30 bits per heavy atom. The van der Waals surface area contributed by atoms with Crippen molar-refractivity contribution in [2.75, 3.05) is 6.61 Å². The summed E-state index contributed by atoms with van der Waals surface area (Å²) in [6, 6.07) is 5.83. The Labute approximate surface area is 123 Å². The van der Waals surface area contributed by atoms with E-state index < -0.39 is 24.0 Å². The van der Waals surface area contributed by atoms with Crippen molar-refractivity contribution in [1.82, 2.24) is 5.32 Å². The Kier molecular flexibility index (Phi) is 5.98. The molecule has 8 heteroatoms. The van der Waals surface area contributed by atoms with Crippen molar-refractivity contribution in [3.8, 4) is 5.75 Å². The molecule has 1 rings (SSSR count). The van der Waals surface area contributed by atoms with Crippen LogP contribution in [0.4, 0.5) is 4.79 Å². The lowest BCUT2D eigenvalue weighted by Crippen LogP contribution is -2.42. The fraction of sp³-hybridized carbons (Fsp3) is 0.250. The van der Waals surface area contributed by atoms with E-state index in [1.54, 1.807) is 29.6 Å². The maximum Gasteiger partial charge on any atom is 0.344 e. The molecule has 1 aromatic carbocycles. The van der Waals surface area contributed by atoms with Crippen molar-refractivity contribution in [2.45, 2.75) is 13.0 Å². The summed E-state index contributed by atoms with van der Waals surface area (Å²) in [7, 11) is 0. The predicted octanol–water partition coefficient (Wildman–Crippen LogP) is 0.954. The van der Waals surface area contributed by atoms with Crippen molar-refractivity contribution in [3.63, 3.8) is 0 Å². The first-order valence-corrected chi connectivity index (χ1v) is 6.36. The van der Waals surface area contributed by atoms with Crippen LogP contribution < -0.4 is 15.8 Å². The molecule has 0 fully saturated rings. The molecule has 0 radical (unpaired) electrons. The molecule has 0 aliphatic heterocycles. The highest BCUT2D eigenvalue weighted by molar-refractivity contribution is 9.10. The van der Waals surface area contributed by atoms with Gasteiger partial charge in [-0.25, -0.2) is 9.59 Å². The molecule has 0 saturated heterocycles. The summed E-state index contributed by atoms with van der Waals surface area (Å²) in [6.07, 6.45) is -1.14. The Balaban J connectivity index is 2.38. The number of imide groups is 1. The van der Waals surface area contributed by atoms with Crippen LogP contribution >= 0.6 is 15.9 Å². The molecule has 0 saturated carbocycles. The van der Waals surface area contributed by atoms with Gasteiger partial charge < -0.3 is 15.2 Å². The molecular formula is C12H13BrN2O5. The van der Waals surface area contributed by atoms with Crippen molar-refractivity contribution in [1.29, 1.82) is 0 Å². The van der Waals surface area contributed by atoms with Crippen LogP contribution in [0.25, 0.3) is 0 Å². The summed E-state index contributed by atoms with van der Waals surface area (Å²) in [6.45, 7) is 0.964. The van der Waals surface area contributed by atoms with Gasteiger partial charge >= 0.3 is 12.0 Å². The maximum absolute atomic E-state index is 11.4. The quantitative estimate of drug-likeness (QED) is 0.773. The number of carbonyl (C=O) groups excluding carboxylic acids is 3. The summed E-state index contributed by atoms with van der Waals surface area (Å²) in [4.78, 5) is 33.2. The van der Waals surface area contributed by atoms with Gasteiger partial charge in [-0.1, -0.05) is 15.9 Å². The lowest BCUT2D eigenvalue weighted by Gasteiger charge is -2.12. The van der Waals surface area contributed by atoms with E-state index in [2.05, 4.69) is 15.9 Å². The molecule has 0 aliphatic rings. The van der Waals surface area contributed by atoms with Crippen LogP contribution in [0.15, 0.2) is 28.7 Å². The number of hydrogen-bond donors (Lipinski definition) is 2. The number of amides is 3. The topological polar surface area (TPSA) is 108 Å². The van der Waals surface area contributed by atoms with Gasteiger partial charge in [0, 0.05) is 4.47 Å². The summed E-state index contributed by atoms with van der Waals surface area (Å²) in [5.41, 5.74) is 4.77. The molecule has 0 heterocycles. The van der Waals surface area contributed by atoms with E-state index in [0.717, 1.165) is 4.47 Å². The molecule has 0 unspecified atom stereocenters. The van der Waals surface area contributed by atoms with Gasteiger partial charge in [0.05, 0.1) is 0 Å². The van der Waals surface area contributed by atoms with Gasteiger partial charge in [0.25, 0.3) is 5.91 Å². The highest BCUT2D eigenvalue weighted by Gasteiger charge is 2.19. The van der Waals surface area contributed by atoms with Gasteiger partial charge in [0.15, 0.2) is 12.7 Å². The van der Waals surface area contributed by atoms with E-state index in [1.807, 2.05) is 0 Å². The number of nitrogens with two attached hydrogens (primary N) is 1. The number of nitrogens with one attached hydrogen (secondary N) is 1. The Hall–Kier alpha value is -2.09. The summed E-state index contributed by atoms with van der Waals surface area (Å²) < 4.78 is 10.8. The van der Waals surface area contributed by atoms with Crippen LogP contribution in [0.3, 0.4) is 0 Å². The van der Waals surface area contributed by atoms with Gasteiger partial charge in [-0.05, 0) is 31.2 Å². The summed E-state index contributed by atoms with van der Waals surface area (Å²) in [5, 5.41) is 1.80. The van der Waals surface area contributed by atoms with E-state index in [9.17, 15) is 14.4 Å². The van der Waals surface area contributed by atoms with Crippen LogP contribution in [0, 0.1) is 0 Å². The van der Waals surface area contributed by atoms with E-state index in [4.69, 9.17) is 15.2 Å². The van der Waals surface area contributed by atoms with Crippen LogP contribution in [0.1, 0.15) is 6.92 Å². The van der Waals surface area contributed by atoms with Crippen LogP contribution in [-0.2, 0) is 14.3 Å². The Morgan fingerprint density at radius 3 is 2.45 bits per heavy atom. The fourth-order valence-corrected chi connectivity index (χ4v) is 1.45. The van der Waals surface area contributed by atoms with Crippen molar-refractivity contribution in [2.24, 2.45) is 5.73 Å². The third-order valence-electron chi connectivity index (χ3n) is 2.09. The number of ether oxygens (including phenoxy) is 2. The molecule has 0 aromatic heterocycles. The van der Waals surface area contributed by atoms with E-state index >= 15 is 0 Å². The molecule has 0 spiro atoms. The zero-order chi connectivity index (χ0) is 15.1. The van der Waals surface area contributed by atoms with Crippen molar-refractivity contribution < 1.29 is 23.9 Å². The van der Waals surface area contributed by atoms with E-state index in [-0.39, 0.29) is 6.61 Å². The minimum absolute atomic E-state index is 0.351. The number of esters is 1. The zero-order valence-corrected chi connectivity index (χ0v) is 12.2. The monoisotopic (exact) mass is 344 g/mol. The Morgan fingerprint density at radius 2 is 1.90 bits per heavy atom. The molecule has 1 atom stereocenters. The number of primary amides is 1. The maximum atomic E-state index is 11.4. The van der Waals surface area contributed by atoms with Crippen LogP contribution in [-0.4, -0.2) is 30.6 Å². The largest absolute Gasteiger partial charge is 0.482 e. The van der Waals surface area contributed by atoms with Gasteiger partial charge in [0.1, 0.15) is 5.75 Å². The SMILES string of the molecule is C[C@@H](OC(=O)COc1ccc(Br)cc1)C(=O)NC(N)=O. The molecule has 0 aliphatic carbocycles. The molecule has 1 aromatic rings. The molecule has 3 amide bonds. The third-order valence-corrected chi connectivity index (χ3v) is 2.62. The second-order valence-corrected chi connectivity index (χ2v) is 4.64. The number of urea groups is 1. The lowest BCUT2D eigenvalue weighted by molar-refractivity contribution is -0.156. The first-order valence-electron chi connectivity index (χ1n) is 5.56. The third kappa shape index (κ3) is 5.70. The van der Waals surface area contributed by atoms with Crippen molar-refractivity contribution in [3.05, 3.63) is 28.7 Å². The van der Waals surface area contributed by atoms with Gasteiger partial charge in [0.2, 0.25) is 0 Å². The van der Waals surface area contributed by atoms with Gasteiger partial charge in [-0.3, -0.25) is 10.1 Å². The molecule has 0 bridgehead atoms. The normalized spacial score (nSPS) is 11.3. The van der Waals surface area contributed by atoms with Gasteiger partial charge in [-0.2, -0.15) is 0 Å². The van der Waals surface area contributed by atoms with Crippen LogP contribution in [0.2, 0.25) is 0 Å². The molecule has 3 N–H and O–H groups in total. The van der Waals surface area contributed by atoms with E-state index in [0.29, 0.717) is 5.75 Å². The molecule has 7 nitrogen and oxygen atoms in total. The highest BCUT2D eigenvalue weighted by Crippen LogP contribution is 2.15. The minimum Gasteiger partial charge on any atom is -0.482 e. The Bertz CT molecular complexity index is 503. The summed E-state index contributed by atoms with van der Waals surface area (Å²) in [5.74, 6) is -1.05. The standard InChI is InChI=1S/C12H13BrN2O5/c1-7(11(17)15-12(14)18)20-10(16)6-19-9-4-2-8(13)3-5-9/h2-5,7H,6H2,1H3,(H3,14,15,17,18)/t7-/m1/s1. The highest BCUT2D eigenvalue weighted by atomic mass is 79.9. The zero-order valence-electron chi connectivity index (χ0n) is 10.6. The number of hydrogen-bond acceptors (Lipinski definition) is 5. The number of carbonyl (C=O) groups is 3. The van der Waals surface area contributed by atoms with Gasteiger partial charge in [-0.15, -0.1) is 0 Å². The second kappa shape index (κ2) is 7.49. The average molecular weight is 345 g/mol. The van der Waals surface area contributed by atoms with Crippen LogP contribution in [0.5, 0.6) is 5.75 Å². The first-order chi connectivity index (χ1) is 9.38. The second-order valence-electron chi connectivity index (χ2n) is 3.73. The average Bonchev–Trinajstić information content (AvgIpc) is 2.37. The number of halogens is 1.